The molecule has 0 saturated carbocycles. The van der Waals surface area contributed by atoms with Crippen molar-refractivity contribution in [2.75, 3.05) is 5.73 Å². The van der Waals surface area contributed by atoms with Gasteiger partial charge in [0.1, 0.15) is 5.82 Å². The third-order valence-electron chi connectivity index (χ3n) is 4.99. The van der Waals surface area contributed by atoms with E-state index in [2.05, 4.69) is 31.8 Å². The zero-order valence-electron chi connectivity index (χ0n) is 15.8. The average molecular weight is 397 g/mol. The number of hydrogen-bond acceptors (Lipinski definition) is 6. The molecule has 30 heavy (non-hydrogen) atoms. The van der Waals surface area contributed by atoms with Gasteiger partial charge in [-0.15, -0.1) is 0 Å². The van der Waals surface area contributed by atoms with Crippen LogP contribution in [-0.4, -0.2) is 29.7 Å². The summed E-state index contributed by atoms with van der Waals surface area (Å²) in [6.45, 7) is 0. The molecule has 146 valence electrons. The summed E-state index contributed by atoms with van der Waals surface area (Å²) in [5.74, 6) is 5.98. The van der Waals surface area contributed by atoms with Crippen molar-refractivity contribution in [2.24, 2.45) is 0 Å². The van der Waals surface area contributed by atoms with Crippen LogP contribution in [0, 0.1) is 17.7 Å². The van der Waals surface area contributed by atoms with E-state index in [0.717, 1.165) is 40.9 Å². The largest absolute Gasteiger partial charge is 0.368 e. The highest BCUT2D eigenvalue weighted by atomic mass is 19.1. The molecule has 4 heterocycles. The molecule has 5 rings (SSSR count). The van der Waals surface area contributed by atoms with Gasteiger partial charge in [0, 0.05) is 42.5 Å². The van der Waals surface area contributed by atoms with Crippen LogP contribution in [0.5, 0.6) is 0 Å². The molecule has 1 aliphatic rings. The number of hydrogen-bond donors (Lipinski definition) is 1. The van der Waals surface area contributed by atoms with E-state index in [4.69, 9.17) is 10.8 Å². The minimum absolute atomic E-state index is 0.0471. The molecule has 1 aliphatic carbocycles. The first-order valence-corrected chi connectivity index (χ1v) is 9.39. The molecule has 0 aliphatic heterocycles. The van der Waals surface area contributed by atoms with Crippen LogP contribution in [-0.2, 0) is 6.42 Å². The number of nitrogens with zero attached hydrogens (tertiary/aromatic N) is 6. The van der Waals surface area contributed by atoms with Gasteiger partial charge in [-0.05, 0) is 36.1 Å². The molecule has 0 spiro atoms. The summed E-state index contributed by atoms with van der Waals surface area (Å²) in [6, 6.07) is 3.45. The Kier molecular flexibility index (Phi) is 4.41. The minimum atomic E-state index is -0.331. The topological polar surface area (TPSA) is 95.4 Å². The Balaban J connectivity index is 1.43. The number of fused-ring (bicyclic) bond motifs is 1. The molecule has 1 unspecified atom stereocenters. The first-order valence-electron chi connectivity index (χ1n) is 9.39. The Morgan fingerprint density at radius 2 is 1.77 bits per heavy atom. The molecule has 2 N–H and O–H groups in total. The number of rotatable bonds is 2. The number of nitrogens with two attached hydrogens (primary N) is 1. The van der Waals surface area contributed by atoms with Crippen molar-refractivity contribution in [3.63, 3.8) is 0 Å². The molecule has 4 aromatic heterocycles. The van der Waals surface area contributed by atoms with Crippen LogP contribution in [0.3, 0.4) is 0 Å². The van der Waals surface area contributed by atoms with E-state index in [0.29, 0.717) is 5.56 Å². The van der Waals surface area contributed by atoms with E-state index in [9.17, 15) is 4.39 Å². The van der Waals surface area contributed by atoms with Gasteiger partial charge in [-0.25, -0.2) is 19.0 Å². The Bertz CT molecular complexity index is 1280. The second-order valence-corrected chi connectivity index (χ2v) is 7.02. The normalized spacial score (nSPS) is 14.8. The molecule has 0 saturated heterocycles. The van der Waals surface area contributed by atoms with E-state index in [1.165, 1.54) is 12.3 Å². The summed E-state index contributed by atoms with van der Waals surface area (Å²) in [7, 11) is 0. The molecule has 1 atom stereocenters. The Morgan fingerprint density at radius 1 is 0.967 bits per heavy atom. The molecule has 7 nitrogen and oxygen atoms in total. The second-order valence-electron chi connectivity index (χ2n) is 7.02. The quantitative estimate of drug-likeness (QED) is 0.523. The van der Waals surface area contributed by atoms with Crippen LogP contribution in [0.1, 0.15) is 40.3 Å². The van der Waals surface area contributed by atoms with Gasteiger partial charge in [0.05, 0.1) is 29.3 Å². The lowest BCUT2D eigenvalue weighted by molar-refractivity contribution is 0.613. The third kappa shape index (κ3) is 3.49. The molecule has 8 heteroatoms. The predicted molar refractivity (Wildman–Crippen MR) is 108 cm³/mol. The van der Waals surface area contributed by atoms with Gasteiger partial charge in [0.15, 0.2) is 0 Å². The van der Waals surface area contributed by atoms with Gasteiger partial charge >= 0.3 is 0 Å². The molecule has 0 fully saturated rings. The summed E-state index contributed by atoms with van der Waals surface area (Å²) in [6.07, 6.45) is 13.3. The number of anilines is 1. The fraction of sp³-hybridized carbons (Fsp3) is 0.136. The zero-order chi connectivity index (χ0) is 20.5. The van der Waals surface area contributed by atoms with Crippen molar-refractivity contribution in [2.45, 2.75) is 18.8 Å². The Morgan fingerprint density at radius 3 is 2.60 bits per heavy atom. The average Bonchev–Trinajstić information content (AvgIpc) is 3.35. The highest BCUT2D eigenvalue weighted by molar-refractivity contribution is 5.46. The molecule has 0 aromatic carbocycles. The van der Waals surface area contributed by atoms with E-state index in [-0.39, 0.29) is 17.7 Å². The molecule has 0 radical (unpaired) electrons. The lowest BCUT2D eigenvalue weighted by Gasteiger charge is -2.09. The van der Waals surface area contributed by atoms with Crippen LogP contribution in [0.4, 0.5) is 10.3 Å². The maximum absolute atomic E-state index is 13.6. The minimum Gasteiger partial charge on any atom is -0.368 e. The van der Waals surface area contributed by atoms with Crippen molar-refractivity contribution in [1.29, 1.82) is 0 Å². The van der Waals surface area contributed by atoms with Crippen LogP contribution in [0.15, 0.2) is 55.5 Å². The molecular weight excluding hydrogens is 381 g/mol. The predicted octanol–water partition coefficient (Wildman–Crippen LogP) is 2.65. The molecule has 4 aromatic rings. The summed E-state index contributed by atoms with van der Waals surface area (Å²) in [5.41, 5.74) is 10.7. The van der Waals surface area contributed by atoms with Gasteiger partial charge < -0.3 is 5.73 Å². The van der Waals surface area contributed by atoms with E-state index in [1.54, 1.807) is 35.7 Å². The Labute approximate surface area is 171 Å². The highest BCUT2D eigenvalue weighted by Crippen LogP contribution is 2.37. The molecule has 0 amide bonds. The zero-order valence-corrected chi connectivity index (χ0v) is 15.8. The smallest absolute Gasteiger partial charge is 0.219 e. The van der Waals surface area contributed by atoms with Crippen molar-refractivity contribution >= 4 is 5.95 Å². The monoisotopic (exact) mass is 397 g/mol. The van der Waals surface area contributed by atoms with Crippen LogP contribution < -0.4 is 5.73 Å². The highest BCUT2D eigenvalue weighted by Gasteiger charge is 2.28. The van der Waals surface area contributed by atoms with Gasteiger partial charge in [-0.1, -0.05) is 11.8 Å². The van der Waals surface area contributed by atoms with Crippen molar-refractivity contribution < 1.29 is 4.39 Å². The van der Waals surface area contributed by atoms with Crippen molar-refractivity contribution in [3.05, 3.63) is 89.3 Å². The van der Waals surface area contributed by atoms with Crippen molar-refractivity contribution in [3.8, 4) is 17.5 Å². The number of nitrogen functional groups attached to an aromatic ring is 1. The summed E-state index contributed by atoms with van der Waals surface area (Å²) < 4.78 is 15.4. The van der Waals surface area contributed by atoms with Gasteiger partial charge in [-0.3, -0.25) is 9.97 Å². The fourth-order valence-electron chi connectivity index (χ4n) is 3.59. The number of pyridine rings is 2. The third-order valence-corrected chi connectivity index (χ3v) is 4.99. The van der Waals surface area contributed by atoms with E-state index >= 15 is 0 Å². The number of aromatic nitrogens is 6. The van der Waals surface area contributed by atoms with E-state index < -0.39 is 0 Å². The molecular formula is C22H16FN7. The maximum atomic E-state index is 13.6. The van der Waals surface area contributed by atoms with E-state index in [1.807, 2.05) is 12.3 Å². The maximum Gasteiger partial charge on any atom is 0.219 e. The van der Waals surface area contributed by atoms with Crippen LogP contribution in [0.2, 0.25) is 0 Å². The fourth-order valence-corrected chi connectivity index (χ4v) is 3.59. The standard InChI is InChI=1S/C22H16FN7/c23-18-6-17(10-26-11-18)20-4-3-16-13-30(29-21(16)20)19-5-14(7-25-12-19)1-2-15-8-27-22(24)28-9-15/h5-13,20H,3-4H2,(H2,24,27,28). The molecule has 0 bridgehead atoms. The summed E-state index contributed by atoms with van der Waals surface area (Å²) in [5, 5.41) is 4.76. The first-order chi connectivity index (χ1) is 14.7. The van der Waals surface area contributed by atoms with Crippen LogP contribution >= 0.6 is 0 Å². The summed E-state index contributed by atoms with van der Waals surface area (Å²) >= 11 is 0. The number of aryl methyl sites for hydroxylation is 1. The number of halogens is 1. The first kappa shape index (κ1) is 17.9. The summed E-state index contributed by atoms with van der Waals surface area (Å²) in [4.78, 5) is 16.1. The second kappa shape index (κ2) is 7.37. The SMILES string of the molecule is Nc1ncc(C#Cc2cncc(-n3cc4c(n3)C(c3cncc(F)c3)CC4)c2)cn1. The van der Waals surface area contributed by atoms with Crippen LogP contribution in [0.25, 0.3) is 5.69 Å². The lowest BCUT2D eigenvalue weighted by atomic mass is 9.99. The van der Waals surface area contributed by atoms with Gasteiger partial charge in [0.2, 0.25) is 5.95 Å². The lowest BCUT2D eigenvalue weighted by Crippen LogP contribution is -2.03. The van der Waals surface area contributed by atoms with Crippen molar-refractivity contribution in [1.82, 2.24) is 29.7 Å². The van der Waals surface area contributed by atoms with Gasteiger partial charge in [0.25, 0.3) is 0 Å². The van der Waals surface area contributed by atoms with Gasteiger partial charge in [-0.2, -0.15) is 5.10 Å². The Hall–Kier alpha value is -4.12.